The molecule has 1 aliphatic heterocycles. The first-order chi connectivity index (χ1) is 10.6. The van der Waals surface area contributed by atoms with Crippen LogP contribution in [0.15, 0.2) is 22.8 Å². The van der Waals surface area contributed by atoms with Crippen molar-refractivity contribution in [2.45, 2.75) is 6.92 Å². The lowest BCUT2D eigenvalue weighted by molar-refractivity contribution is -0.107. The number of aliphatic imine (C=N–C) groups is 1. The number of ether oxygens (including phenoxy) is 3. The zero-order chi connectivity index (χ0) is 16.1. The summed E-state index contributed by atoms with van der Waals surface area (Å²) >= 11 is 2.72. The SMILES string of the molecule is CCSC1=N/C(=C/c2cc(OC)c(OC)c(OC)c2)C(=O)S1. The van der Waals surface area contributed by atoms with Gasteiger partial charge in [0.1, 0.15) is 10.1 Å². The Bertz CT molecular complexity index is 615. The zero-order valence-electron chi connectivity index (χ0n) is 12.8. The maximum absolute atomic E-state index is 12.0. The Balaban J connectivity index is 2.41. The van der Waals surface area contributed by atoms with Crippen LogP contribution in [0.2, 0.25) is 0 Å². The van der Waals surface area contributed by atoms with Gasteiger partial charge in [-0.1, -0.05) is 18.7 Å². The van der Waals surface area contributed by atoms with E-state index in [0.717, 1.165) is 27.5 Å². The topological polar surface area (TPSA) is 57.1 Å². The zero-order valence-corrected chi connectivity index (χ0v) is 14.5. The summed E-state index contributed by atoms with van der Waals surface area (Å²) in [7, 11) is 4.66. The molecule has 0 saturated heterocycles. The van der Waals surface area contributed by atoms with Gasteiger partial charge in [-0.3, -0.25) is 4.79 Å². The summed E-state index contributed by atoms with van der Waals surface area (Å²) in [5.74, 6) is 2.49. The van der Waals surface area contributed by atoms with Crippen molar-refractivity contribution in [2.24, 2.45) is 4.99 Å². The molecular formula is C15H17NO4S2. The van der Waals surface area contributed by atoms with E-state index in [1.165, 1.54) is 0 Å². The number of nitrogens with zero attached hydrogens (tertiary/aromatic N) is 1. The van der Waals surface area contributed by atoms with Crippen LogP contribution in [0.1, 0.15) is 12.5 Å². The summed E-state index contributed by atoms with van der Waals surface area (Å²) in [5.41, 5.74) is 1.19. The Morgan fingerprint density at radius 3 is 2.32 bits per heavy atom. The fourth-order valence-corrected chi connectivity index (χ4v) is 3.66. The monoisotopic (exact) mass is 339 g/mol. The highest BCUT2D eigenvalue weighted by molar-refractivity contribution is 8.45. The molecule has 118 valence electrons. The summed E-state index contributed by atoms with van der Waals surface area (Å²) in [6, 6.07) is 3.57. The molecule has 1 aromatic rings. The van der Waals surface area contributed by atoms with Crippen LogP contribution in [0.4, 0.5) is 0 Å². The van der Waals surface area contributed by atoms with E-state index in [1.54, 1.807) is 51.3 Å². The summed E-state index contributed by atoms with van der Waals surface area (Å²) in [4.78, 5) is 16.3. The lowest BCUT2D eigenvalue weighted by atomic mass is 10.1. The third-order valence-corrected chi connectivity index (χ3v) is 4.75. The summed E-state index contributed by atoms with van der Waals surface area (Å²) in [6.07, 6.45) is 1.73. The van der Waals surface area contributed by atoms with E-state index in [1.807, 2.05) is 6.92 Å². The van der Waals surface area contributed by atoms with Crippen molar-refractivity contribution in [1.82, 2.24) is 0 Å². The van der Waals surface area contributed by atoms with Crippen LogP contribution >= 0.6 is 23.5 Å². The van der Waals surface area contributed by atoms with Gasteiger partial charge in [-0.25, -0.2) is 4.99 Å². The van der Waals surface area contributed by atoms with E-state index in [4.69, 9.17) is 14.2 Å². The Morgan fingerprint density at radius 2 is 1.82 bits per heavy atom. The van der Waals surface area contributed by atoms with Crippen LogP contribution in [0, 0.1) is 0 Å². The molecule has 0 amide bonds. The van der Waals surface area contributed by atoms with Crippen molar-refractivity contribution in [3.63, 3.8) is 0 Å². The van der Waals surface area contributed by atoms with Crippen LogP contribution in [0.5, 0.6) is 17.2 Å². The van der Waals surface area contributed by atoms with E-state index in [-0.39, 0.29) is 5.12 Å². The normalized spacial score (nSPS) is 15.9. The summed E-state index contributed by atoms with van der Waals surface area (Å²) < 4.78 is 16.7. The van der Waals surface area contributed by atoms with Crippen LogP contribution < -0.4 is 14.2 Å². The van der Waals surface area contributed by atoms with Gasteiger partial charge in [-0.2, -0.15) is 0 Å². The number of benzene rings is 1. The van der Waals surface area contributed by atoms with Gasteiger partial charge in [-0.15, -0.1) is 0 Å². The Labute approximate surface area is 138 Å². The molecule has 0 atom stereocenters. The minimum Gasteiger partial charge on any atom is -0.493 e. The number of carbonyl (C=O) groups is 1. The predicted octanol–water partition coefficient (Wildman–Crippen LogP) is 3.44. The smallest absolute Gasteiger partial charge is 0.244 e. The van der Waals surface area contributed by atoms with Gasteiger partial charge in [-0.05, 0) is 41.3 Å². The molecule has 0 fully saturated rings. The molecule has 2 rings (SSSR count). The molecule has 22 heavy (non-hydrogen) atoms. The summed E-state index contributed by atoms with van der Waals surface area (Å²) in [6.45, 7) is 2.03. The van der Waals surface area contributed by atoms with Crippen molar-refractivity contribution >= 4 is 39.1 Å². The fraction of sp³-hybridized carbons (Fsp3) is 0.333. The van der Waals surface area contributed by atoms with E-state index in [0.29, 0.717) is 22.9 Å². The summed E-state index contributed by atoms with van der Waals surface area (Å²) in [5, 5.41) is -0.0512. The van der Waals surface area contributed by atoms with Gasteiger partial charge in [0.05, 0.1) is 21.3 Å². The second-order valence-electron chi connectivity index (χ2n) is 4.19. The Kier molecular flexibility index (Phi) is 5.79. The first kappa shape index (κ1) is 16.8. The van der Waals surface area contributed by atoms with Crippen molar-refractivity contribution in [2.75, 3.05) is 27.1 Å². The quantitative estimate of drug-likeness (QED) is 0.766. The number of methoxy groups -OCH3 is 3. The van der Waals surface area contributed by atoms with E-state index < -0.39 is 0 Å². The second-order valence-corrected chi connectivity index (χ2v) is 6.66. The van der Waals surface area contributed by atoms with Gasteiger partial charge < -0.3 is 14.2 Å². The van der Waals surface area contributed by atoms with Crippen molar-refractivity contribution < 1.29 is 19.0 Å². The van der Waals surface area contributed by atoms with E-state index >= 15 is 0 Å². The maximum atomic E-state index is 12.0. The maximum Gasteiger partial charge on any atom is 0.244 e. The lowest BCUT2D eigenvalue weighted by Crippen LogP contribution is -1.96. The Morgan fingerprint density at radius 1 is 1.18 bits per heavy atom. The highest BCUT2D eigenvalue weighted by Gasteiger charge is 2.22. The highest BCUT2D eigenvalue weighted by atomic mass is 32.2. The molecule has 0 aliphatic carbocycles. The first-order valence-electron chi connectivity index (χ1n) is 6.58. The molecular weight excluding hydrogens is 322 g/mol. The fourth-order valence-electron chi connectivity index (χ4n) is 1.92. The molecule has 0 aromatic heterocycles. The number of thioether (sulfide) groups is 2. The average molecular weight is 339 g/mol. The third-order valence-electron chi connectivity index (χ3n) is 2.86. The molecule has 0 bridgehead atoms. The largest absolute Gasteiger partial charge is 0.493 e. The average Bonchev–Trinajstić information content (AvgIpc) is 2.86. The van der Waals surface area contributed by atoms with Crippen LogP contribution in [0.3, 0.4) is 0 Å². The van der Waals surface area contributed by atoms with Crippen molar-refractivity contribution in [3.05, 3.63) is 23.4 Å². The number of hydrogen-bond acceptors (Lipinski definition) is 7. The van der Waals surface area contributed by atoms with E-state index in [9.17, 15) is 4.79 Å². The second kappa shape index (κ2) is 7.60. The van der Waals surface area contributed by atoms with E-state index in [2.05, 4.69) is 4.99 Å². The standard InChI is InChI=1S/C15H17NO4S2/c1-5-21-15-16-10(14(17)22-15)6-9-7-11(18-2)13(20-4)12(8-9)19-3/h6-8H,5H2,1-4H3/b10-6+. The van der Waals surface area contributed by atoms with Gasteiger partial charge >= 0.3 is 0 Å². The molecule has 1 aliphatic rings. The number of carbonyl (C=O) groups excluding carboxylic acids is 1. The molecule has 0 saturated carbocycles. The molecule has 1 aromatic carbocycles. The Hall–Kier alpha value is -1.60. The molecule has 0 unspecified atom stereocenters. The highest BCUT2D eigenvalue weighted by Crippen LogP contribution is 2.39. The number of rotatable bonds is 5. The molecule has 1 heterocycles. The van der Waals surface area contributed by atoms with Crippen LogP contribution in [0.25, 0.3) is 6.08 Å². The third kappa shape index (κ3) is 3.59. The van der Waals surface area contributed by atoms with Gasteiger partial charge in [0.25, 0.3) is 0 Å². The minimum absolute atomic E-state index is 0.0512. The minimum atomic E-state index is -0.0512. The van der Waals surface area contributed by atoms with Crippen LogP contribution in [-0.4, -0.2) is 36.6 Å². The lowest BCUT2D eigenvalue weighted by Gasteiger charge is -2.12. The predicted molar refractivity (Wildman–Crippen MR) is 92.2 cm³/mol. The molecule has 0 N–H and O–H groups in total. The van der Waals surface area contributed by atoms with Gasteiger partial charge in [0, 0.05) is 0 Å². The van der Waals surface area contributed by atoms with Gasteiger partial charge in [0.2, 0.25) is 10.9 Å². The number of hydrogen-bond donors (Lipinski definition) is 0. The van der Waals surface area contributed by atoms with Crippen LogP contribution in [-0.2, 0) is 4.79 Å². The van der Waals surface area contributed by atoms with Crippen molar-refractivity contribution in [3.8, 4) is 17.2 Å². The molecule has 0 radical (unpaired) electrons. The first-order valence-corrected chi connectivity index (χ1v) is 8.38. The molecule has 7 heteroatoms. The van der Waals surface area contributed by atoms with Gasteiger partial charge in [0.15, 0.2) is 11.5 Å². The molecule has 5 nitrogen and oxygen atoms in total. The van der Waals surface area contributed by atoms with Crippen molar-refractivity contribution in [1.29, 1.82) is 0 Å². The molecule has 0 spiro atoms.